The molecule has 0 radical (unpaired) electrons. The molecule has 1 aliphatic rings. The first kappa shape index (κ1) is 29.6. The topological polar surface area (TPSA) is 105 Å². The molecular formula is C29H38ClFN4O3. The molecule has 206 valence electrons. The molecular weight excluding hydrogens is 507 g/mol. The van der Waals surface area contributed by atoms with Crippen molar-refractivity contribution in [1.82, 2.24) is 15.2 Å². The zero-order chi connectivity index (χ0) is 27.8. The molecule has 3 rings (SSSR count). The number of carbonyl (C=O) groups excluding carboxylic acids is 3. The Morgan fingerprint density at radius 2 is 1.95 bits per heavy atom. The van der Waals surface area contributed by atoms with Gasteiger partial charge >= 0.3 is 0 Å². The molecule has 0 bridgehead atoms. The van der Waals surface area contributed by atoms with Gasteiger partial charge in [0.25, 0.3) is 0 Å². The summed E-state index contributed by atoms with van der Waals surface area (Å²) in [6, 6.07) is 5.73. The molecule has 1 aromatic carbocycles. The van der Waals surface area contributed by atoms with Gasteiger partial charge in [-0.3, -0.25) is 19.4 Å². The minimum Gasteiger partial charge on any atom is -0.369 e. The number of pyridine rings is 1. The van der Waals surface area contributed by atoms with Crippen LogP contribution in [0.25, 0.3) is 11.1 Å². The smallest absolute Gasteiger partial charge is 0.245 e. The van der Waals surface area contributed by atoms with Crippen LogP contribution in [0.1, 0.15) is 64.9 Å². The number of likely N-dealkylation sites (tertiary alicyclic amines) is 1. The van der Waals surface area contributed by atoms with Crippen molar-refractivity contribution in [3.63, 3.8) is 0 Å². The van der Waals surface area contributed by atoms with Crippen molar-refractivity contribution in [1.29, 1.82) is 0 Å². The maximum atomic E-state index is 13.6. The minimum absolute atomic E-state index is 0.0301. The Morgan fingerprint density at radius 1 is 1.18 bits per heavy atom. The molecule has 3 amide bonds. The Balaban J connectivity index is 1.76. The van der Waals surface area contributed by atoms with Gasteiger partial charge < -0.3 is 16.0 Å². The minimum atomic E-state index is -0.665. The van der Waals surface area contributed by atoms with Crippen molar-refractivity contribution in [2.75, 3.05) is 6.54 Å². The Bertz CT molecular complexity index is 1140. The van der Waals surface area contributed by atoms with Gasteiger partial charge in [-0.2, -0.15) is 0 Å². The lowest BCUT2D eigenvalue weighted by molar-refractivity contribution is -0.139. The molecule has 7 nitrogen and oxygen atoms in total. The molecule has 2 aromatic rings. The Morgan fingerprint density at radius 3 is 2.61 bits per heavy atom. The van der Waals surface area contributed by atoms with Crippen molar-refractivity contribution in [3.8, 4) is 11.1 Å². The van der Waals surface area contributed by atoms with E-state index in [0.717, 1.165) is 36.0 Å². The third-order valence-corrected chi connectivity index (χ3v) is 7.32. The number of nitrogens with two attached hydrogens (primary N) is 1. The number of amides is 3. The van der Waals surface area contributed by atoms with Gasteiger partial charge in [0.05, 0.1) is 5.02 Å². The number of nitrogens with one attached hydrogen (secondary N) is 1. The number of halogens is 2. The molecule has 1 aromatic heterocycles. The van der Waals surface area contributed by atoms with Gasteiger partial charge in [-0.25, -0.2) is 4.39 Å². The molecule has 0 spiro atoms. The normalized spacial score (nSPS) is 17.7. The van der Waals surface area contributed by atoms with Gasteiger partial charge in [0, 0.05) is 42.9 Å². The summed E-state index contributed by atoms with van der Waals surface area (Å²) in [4.78, 5) is 45.2. The van der Waals surface area contributed by atoms with Crippen molar-refractivity contribution >= 4 is 29.3 Å². The van der Waals surface area contributed by atoms with Gasteiger partial charge in [-0.1, -0.05) is 44.9 Å². The Labute approximate surface area is 229 Å². The van der Waals surface area contributed by atoms with E-state index in [2.05, 4.69) is 10.3 Å². The molecule has 3 atom stereocenters. The summed E-state index contributed by atoms with van der Waals surface area (Å²) in [7, 11) is 0. The van der Waals surface area contributed by atoms with Crippen LogP contribution in [0, 0.1) is 23.6 Å². The standard InChI is InChI=1S/C29H38ClFN4O3/c1-4-7-22(27(32)36)23(12-18(2)3)28(37)34-26-8-5-6-11-35(29(26)38)17-19-13-21(16-33-15-19)20-9-10-25(31)24(30)14-20/h9-10,13-16,18,22-23,26H,4-8,11-12,17H2,1-3H3,(H2,32,36)(H,34,37)/t22?,23?,26-/m0/s1. The van der Waals surface area contributed by atoms with Crippen LogP contribution >= 0.6 is 11.6 Å². The lowest BCUT2D eigenvalue weighted by atomic mass is 9.81. The van der Waals surface area contributed by atoms with E-state index in [4.69, 9.17) is 17.3 Å². The van der Waals surface area contributed by atoms with Gasteiger partial charge in [0.1, 0.15) is 11.9 Å². The SMILES string of the molecule is CCCC(C(N)=O)C(CC(C)C)C(=O)N[C@H]1CCCCN(Cc2cncc(-c3ccc(F)c(Cl)c3)c2)C1=O. The third-order valence-electron chi connectivity index (χ3n) is 7.03. The first-order valence-electron chi connectivity index (χ1n) is 13.4. The average molecular weight is 545 g/mol. The van der Waals surface area contributed by atoms with E-state index in [9.17, 15) is 18.8 Å². The number of benzene rings is 1. The number of aromatic nitrogens is 1. The molecule has 9 heteroatoms. The summed E-state index contributed by atoms with van der Waals surface area (Å²) >= 11 is 5.95. The molecule has 0 aliphatic carbocycles. The summed E-state index contributed by atoms with van der Waals surface area (Å²) in [5.41, 5.74) is 7.98. The monoisotopic (exact) mass is 544 g/mol. The maximum absolute atomic E-state index is 13.6. The van der Waals surface area contributed by atoms with Crippen LogP contribution in [0.5, 0.6) is 0 Å². The van der Waals surface area contributed by atoms with Crippen molar-refractivity contribution in [2.24, 2.45) is 23.5 Å². The summed E-state index contributed by atoms with van der Waals surface area (Å²) in [5.74, 6) is -2.34. The quantitative estimate of drug-likeness (QED) is 0.410. The van der Waals surface area contributed by atoms with E-state index in [1.807, 2.05) is 26.8 Å². The second-order valence-corrected chi connectivity index (χ2v) is 11.0. The molecule has 3 N–H and O–H groups in total. The summed E-state index contributed by atoms with van der Waals surface area (Å²) in [6.45, 7) is 6.86. The lowest BCUT2D eigenvalue weighted by Gasteiger charge is -2.29. The molecule has 38 heavy (non-hydrogen) atoms. The molecule has 2 heterocycles. The highest BCUT2D eigenvalue weighted by atomic mass is 35.5. The van der Waals surface area contributed by atoms with Gasteiger partial charge in [-0.05, 0) is 67.3 Å². The van der Waals surface area contributed by atoms with Crippen LogP contribution in [-0.4, -0.2) is 40.2 Å². The second kappa shape index (κ2) is 13.7. The molecule has 1 saturated heterocycles. The highest BCUT2D eigenvalue weighted by Crippen LogP contribution is 2.27. The number of rotatable bonds is 11. The Hall–Kier alpha value is -3.00. The average Bonchev–Trinajstić information content (AvgIpc) is 3.04. The largest absolute Gasteiger partial charge is 0.369 e. The van der Waals surface area contributed by atoms with Crippen LogP contribution in [-0.2, 0) is 20.9 Å². The zero-order valence-electron chi connectivity index (χ0n) is 22.4. The van der Waals surface area contributed by atoms with Crippen LogP contribution in [0.4, 0.5) is 4.39 Å². The van der Waals surface area contributed by atoms with Crippen molar-refractivity contribution in [2.45, 2.75) is 71.9 Å². The van der Waals surface area contributed by atoms with Crippen LogP contribution in [0.2, 0.25) is 5.02 Å². The number of primary amides is 1. The fraction of sp³-hybridized carbons (Fsp3) is 0.517. The molecule has 2 unspecified atom stereocenters. The van der Waals surface area contributed by atoms with Gasteiger partial charge in [0.15, 0.2) is 0 Å². The number of nitrogens with zero attached hydrogens (tertiary/aromatic N) is 2. The van der Waals surface area contributed by atoms with E-state index in [1.54, 1.807) is 29.4 Å². The number of hydrogen-bond acceptors (Lipinski definition) is 4. The first-order chi connectivity index (χ1) is 18.1. The van der Waals surface area contributed by atoms with Crippen molar-refractivity contribution in [3.05, 3.63) is 53.1 Å². The highest BCUT2D eigenvalue weighted by Gasteiger charge is 2.35. The summed E-state index contributed by atoms with van der Waals surface area (Å²) in [5, 5.41) is 3.00. The van der Waals surface area contributed by atoms with E-state index in [0.29, 0.717) is 32.4 Å². The third kappa shape index (κ3) is 7.76. The van der Waals surface area contributed by atoms with E-state index in [1.165, 1.54) is 6.07 Å². The number of carbonyl (C=O) groups is 3. The van der Waals surface area contributed by atoms with Gasteiger partial charge in [-0.15, -0.1) is 0 Å². The molecule has 1 aliphatic heterocycles. The number of hydrogen-bond donors (Lipinski definition) is 2. The predicted molar refractivity (Wildman–Crippen MR) is 146 cm³/mol. The fourth-order valence-electron chi connectivity index (χ4n) is 5.12. The van der Waals surface area contributed by atoms with Crippen LogP contribution in [0.3, 0.4) is 0 Å². The highest BCUT2D eigenvalue weighted by molar-refractivity contribution is 6.31. The lowest BCUT2D eigenvalue weighted by Crippen LogP contribution is -2.50. The first-order valence-corrected chi connectivity index (χ1v) is 13.8. The fourth-order valence-corrected chi connectivity index (χ4v) is 5.30. The zero-order valence-corrected chi connectivity index (χ0v) is 23.1. The van der Waals surface area contributed by atoms with Crippen LogP contribution in [0.15, 0.2) is 36.7 Å². The predicted octanol–water partition coefficient (Wildman–Crippen LogP) is 5.10. The Kier molecular flexibility index (Phi) is 10.6. The second-order valence-electron chi connectivity index (χ2n) is 10.6. The van der Waals surface area contributed by atoms with Crippen molar-refractivity contribution < 1.29 is 18.8 Å². The molecule has 0 saturated carbocycles. The van der Waals surface area contributed by atoms with Crippen LogP contribution < -0.4 is 11.1 Å². The van der Waals surface area contributed by atoms with Gasteiger partial charge in [0.2, 0.25) is 17.7 Å². The summed E-state index contributed by atoms with van der Waals surface area (Å²) in [6.07, 6.45) is 7.31. The maximum Gasteiger partial charge on any atom is 0.245 e. The summed E-state index contributed by atoms with van der Waals surface area (Å²) < 4.78 is 13.6. The van der Waals surface area contributed by atoms with E-state index in [-0.39, 0.29) is 22.8 Å². The molecule has 1 fully saturated rings. The van der Waals surface area contributed by atoms with E-state index < -0.39 is 29.6 Å². The van der Waals surface area contributed by atoms with E-state index >= 15 is 0 Å².